The average Bonchev–Trinajstić information content (AvgIpc) is 3.46. The third-order valence-corrected chi connectivity index (χ3v) is 9.03. The first-order valence-electron chi connectivity index (χ1n) is 11.6. The van der Waals surface area contributed by atoms with Gasteiger partial charge in [-0.1, -0.05) is 6.42 Å². The Labute approximate surface area is 218 Å². The lowest BCUT2D eigenvalue weighted by atomic mass is 9.87. The summed E-state index contributed by atoms with van der Waals surface area (Å²) >= 11 is 0. The van der Waals surface area contributed by atoms with Gasteiger partial charge in [0, 0.05) is 18.4 Å². The molecule has 0 radical (unpaired) electrons. The van der Waals surface area contributed by atoms with E-state index in [-0.39, 0.29) is 23.7 Å². The fraction of sp³-hybridized carbons (Fsp3) is 0.400. The first-order chi connectivity index (χ1) is 17.7. The van der Waals surface area contributed by atoms with Crippen molar-refractivity contribution in [3.63, 3.8) is 0 Å². The number of halogens is 4. The molecule has 1 N–H and O–H groups in total. The molecule has 0 bridgehead atoms. The standard InChI is InChI=1S/C25H28F4N4O4S/c1-16(7-12-20(30-3)25(27,28)29)33-15-17(22(32-33)37-4)14-31-23(34)24(2)13-5-6-21(24)38(35,36)19-10-8-18(26)9-11-19/h7-12,15,21H,3,5-6,13-14H2,1-2,4H3,(H,31,34)/b16-7+,20-12-. The highest BCUT2D eigenvalue weighted by Gasteiger charge is 2.51. The number of sulfone groups is 1. The predicted molar refractivity (Wildman–Crippen MR) is 134 cm³/mol. The van der Waals surface area contributed by atoms with Crippen LogP contribution in [-0.4, -0.2) is 49.4 Å². The molecule has 0 spiro atoms. The van der Waals surface area contributed by atoms with Crippen LogP contribution < -0.4 is 10.1 Å². The number of allylic oxidation sites excluding steroid dienone is 4. The van der Waals surface area contributed by atoms with Crippen molar-refractivity contribution < 1.29 is 35.5 Å². The highest BCUT2D eigenvalue weighted by molar-refractivity contribution is 7.92. The van der Waals surface area contributed by atoms with Gasteiger partial charge in [-0.05, 0) is 69.8 Å². The normalized spacial score (nSPS) is 20.9. The minimum atomic E-state index is -4.66. The molecule has 2 unspecified atom stereocenters. The van der Waals surface area contributed by atoms with Gasteiger partial charge in [-0.3, -0.25) is 9.79 Å². The monoisotopic (exact) mass is 556 g/mol. The molecule has 38 heavy (non-hydrogen) atoms. The van der Waals surface area contributed by atoms with Gasteiger partial charge in [0.25, 0.3) is 0 Å². The molecule has 1 heterocycles. The van der Waals surface area contributed by atoms with Gasteiger partial charge in [0.2, 0.25) is 11.8 Å². The Kier molecular flexibility index (Phi) is 8.49. The maximum Gasteiger partial charge on any atom is 0.433 e. The van der Waals surface area contributed by atoms with E-state index >= 15 is 0 Å². The SMILES string of the molecule is C=N/C(=C\C=C(/C)n1cc(CNC(=O)C2(C)CCCC2S(=O)(=O)c2ccc(F)cc2)c(OC)n1)C(F)(F)F. The van der Waals surface area contributed by atoms with Gasteiger partial charge < -0.3 is 10.1 Å². The molecule has 3 rings (SSSR count). The maximum absolute atomic E-state index is 13.3. The number of rotatable bonds is 9. The topological polar surface area (TPSA) is 103 Å². The maximum atomic E-state index is 13.3. The minimum absolute atomic E-state index is 0.0515. The van der Waals surface area contributed by atoms with Crippen LogP contribution in [0.2, 0.25) is 0 Å². The third kappa shape index (κ3) is 5.98. The second-order valence-corrected chi connectivity index (χ2v) is 11.2. The van der Waals surface area contributed by atoms with E-state index in [2.05, 4.69) is 22.1 Å². The summed E-state index contributed by atoms with van der Waals surface area (Å²) in [5, 5.41) is 5.93. The summed E-state index contributed by atoms with van der Waals surface area (Å²) in [6.45, 7) is 5.97. The molecule has 8 nitrogen and oxygen atoms in total. The van der Waals surface area contributed by atoms with Crippen molar-refractivity contribution in [2.45, 2.75) is 56.0 Å². The van der Waals surface area contributed by atoms with Crippen LogP contribution in [0.5, 0.6) is 5.88 Å². The summed E-state index contributed by atoms with van der Waals surface area (Å²) in [6, 6.07) is 4.50. The van der Waals surface area contributed by atoms with E-state index in [0.29, 0.717) is 24.1 Å². The van der Waals surface area contributed by atoms with Crippen LogP contribution in [0, 0.1) is 11.2 Å². The molecule has 1 saturated carbocycles. The Morgan fingerprint density at radius 2 is 1.97 bits per heavy atom. The van der Waals surface area contributed by atoms with E-state index in [1.54, 1.807) is 6.92 Å². The second kappa shape index (κ2) is 11.1. The molecule has 206 valence electrons. The lowest BCUT2D eigenvalue weighted by molar-refractivity contribution is -0.129. The fourth-order valence-corrected chi connectivity index (χ4v) is 6.67. The second-order valence-electron chi connectivity index (χ2n) is 9.10. The quantitative estimate of drug-likeness (QED) is 0.209. The van der Waals surface area contributed by atoms with Crippen LogP contribution in [-0.2, 0) is 21.2 Å². The molecular formula is C25H28F4N4O4S. The molecule has 2 aromatic rings. The Morgan fingerprint density at radius 1 is 1.32 bits per heavy atom. The molecule has 1 fully saturated rings. The number of aliphatic imine (C=N–C) groups is 1. The number of nitrogens with one attached hydrogen (secondary N) is 1. The molecule has 2 atom stereocenters. The van der Waals surface area contributed by atoms with Crippen LogP contribution in [0.25, 0.3) is 5.70 Å². The van der Waals surface area contributed by atoms with Crippen molar-refractivity contribution >= 4 is 28.2 Å². The number of aromatic nitrogens is 2. The number of ether oxygens (including phenoxy) is 1. The zero-order valence-corrected chi connectivity index (χ0v) is 21.9. The molecule has 1 aliphatic carbocycles. The first-order valence-corrected chi connectivity index (χ1v) is 13.1. The summed E-state index contributed by atoms with van der Waals surface area (Å²) in [5.74, 6) is -0.917. The van der Waals surface area contributed by atoms with Crippen LogP contribution >= 0.6 is 0 Å². The number of amides is 1. The average molecular weight is 557 g/mol. The number of hydrogen-bond acceptors (Lipinski definition) is 6. The highest BCUT2D eigenvalue weighted by Crippen LogP contribution is 2.44. The number of carbonyl (C=O) groups is 1. The minimum Gasteiger partial charge on any atom is -0.480 e. The van der Waals surface area contributed by atoms with Crippen molar-refractivity contribution in [2.24, 2.45) is 10.4 Å². The number of nitrogens with zero attached hydrogens (tertiary/aromatic N) is 3. The van der Waals surface area contributed by atoms with Gasteiger partial charge >= 0.3 is 6.18 Å². The molecule has 0 aliphatic heterocycles. The van der Waals surface area contributed by atoms with E-state index in [9.17, 15) is 30.8 Å². The van der Waals surface area contributed by atoms with Gasteiger partial charge in [-0.2, -0.15) is 13.2 Å². The smallest absolute Gasteiger partial charge is 0.433 e. The van der Waals surface area contributed by atoms with Crippen LogP contribution in [0.3, 0.4) is 0 Å². The van der Waals surface area contributed by atoms with E-state index < -0.39 is 44.1 Å². The molecule has 1 aliphatic rings. The van der Waals surface area contributed by atoms with Gasteiger partial charge in [0.1, 0.15) is 11.5 Å². The van der Waals surface area contributed by atoms with Crippen molar-refractivity contribution in [1.82, 2.24) is 15.1 Å². The van der Waals surface area contributed by atoms with Crippen molar-refractivity contribution in [1.29, 1.82) is 0 Å². The Morgan fingerprint density at radius 3 is 2.55 bits per heavy atom. The lowest BCUT2D eigenvalue weighted by Gasteiger charge is -2.30. The van der Waals surface area contributed by atoms with Gasteiger partial charge in [-0.15, -0.1) is 5.10 Å². The Hall–Kier alpha value is -3.48. The van der Waals surface area contributed by atoms with E-state index in [1.807, 2.05) is 0 Å². The van der Waals surface area contributed by atoms with Crippen molar-refractivity contribution in [2.75, 3.05) is 7.11 Å². The summed E-state index contributed by atoms with van der Waals surface area (Å²) in [6.07, 6.45) is -0.106. The molecule has 0 saturated heterocycles. The Balaban J connectivity index is 1.79. The van der Waals surface area contributed by atoms with Gasteiger partial charge in [0.05, 0.1) is 28.2 Å². The van der Waals surface area contributed by atoms with Crippen molar-refractivity contribution in [3.05, 3.63) is 59.7 Å². The molecular weight excluding hydrogens is 528 g/mol. The number of methoxy groups -OCH3 is 1. The fourth-order valence-electron chi connectivity index (χ4n) is 4.44. The van der Waals surface area contributed by atoms with Crippen molar-refractivity contribution in [3.8, 4) is 5.88 Å². The molecule has 1 amide bonds. The molecule has 1 aromatic heterocycles. The highest BCUT2D eigenvalue weighted by atomic mass is 32.2. The summed E-state index contributed by atoms with van der Waals surface area (Å²) in [5.41, 5.74) is -1.67. The summed E-state index contributed by atoms with van der Waals surface area (Å²) in [4.78, 5) is 16.2. The zero-order chi connectivity index (χ0) is 28.3. The molecule has 13 heteroatoms. The van der Waals surface area contributed by atoms with Crippen LogP contribution in [0.1, 0.15) is 38.7 Å². The summed E-state index contributed by atoms with van der Waals surface area (Å²) in [7, 11) is -2.56. The lowest BCUT2D eigenvalue weighted by Crippen LogP contribution is -2.46. The third-order valence-electron chi connectivity index (χ3n) is 6.60. The van der Waals surface area contributed by atoms with E-state index in [1.165, 1.54) is 37.0 Å². The largest absolute Gasteiger partial charge is 0.480 e. The molecule has 1 aromatic carbocycles. The number of carbonyl (C=O) groups excluding carboxylic acids is 1. The number of benzene rings is 1. The van der Waals surface area contributed by atoms with Crippen LogP contribution in [0.4, 0.5) is 17.6 Å². The Bertz CT molecular complexity index is 1360. The van der Waals surface area contributed by atoms with Gasteiger partial charge in [-0.25, -0.2) is 17.5 Å². The predicted octanol–water partition coefficient (Wildman–Crippen LogP) is 4.69. The first kappa shape index (κ1) is 29.1. The number of alkyl halides is 3. The van der Waals surface area contributed by atoms with Crippen LogP contribution in [0.15, 0.2) is 58.2 Å². The zero-order valence-electron chi connectivity index (χ0n) is 21.0. The van der Waals surface area contributed by atoms with E-state index in [4.69, 9.17) is 4.74 Å². The summed E-state index contributed by atoms with van der Waals surface area (Å²) < 4.78 is 85.0. The number of hydrogen-bond donors (Lipinski definition) is 1. The van der Waals surface area contributed by atoms with E-state index in [0.717, 1.165) is 24.3 Å². The van der Waals surface area contributed by atoms with Gasteiger partial charge in [0.15, 0.2) is 9.84 Å².